The third-order valence-electron chi connectivity index (χ3n) is 5.30. The first-order valence-corrected chi connectivity index (χ1v) is 10.4. The van der Waals surface area contributed by atoms with E-state index in [2.05, 4.69) is 65.6 Å². The Kier molecular flexibility index (Phi) is 5.55. The number of anilines is 1. The third kappa shape index (κ3) is 4.97. The third-order valence-corrected chi connectivity index (χ3v) is 5.30. The molecule has 1 saturated carbocycles. The highest BCUT2D eigenvalue weighted by molar-refractivity contribution is 6.07. The molecular formula is C25H26N4O2. The second kappa shape index (κ2) is 8.30. The summed E-state index contributed by atoms with van der Waals surface area (Å²) in [6.07, 6.45) is 6.80. The Morgan fingerprint density at radius 1 is 0.968 bits per heavy atom. The van der Waals surface area contributed by atoms with Gasteiger partial charge in [-0.15, -0.1) is 0 Å². The van der Waals surface area contributed by atoms with Crippen molar-refractivity contribution in [3.05, 3.63) is 77.9 Å². The predicted molar refractivity (Wildman–Crippen MR) is 121 cm³/mol. The van der Waals surface area contributed by atoms with Crippen LogP contribution < -0.4 is 10.6 Å². The molecule has 6 heteroatoms. The minimum absolute atomic E-state index is 0.0681. The van der Waals surface area contributed by atoms with Crippen LogP contribution in [0.2, 0.25) is 0 Å². The Hall–Kier alpha value is -3.54. The maximum Gasteiger partial charge on any atom is 0.270 e. The van der Waals surface area contributed by atoms with E-state index in [1.165, 1.54) is 17.8 Å². The number of amides is 2. The molecule has 2 heterocycles. The van der Waals surface area contributed by atoms with Gasteiger partial charge in [-0.05, 0) is 47.6 Å². The zero-order valence-electron chi connectivity index (χ0n) is 18.0. The first-order valence-electron chi connectivity index (χ1n) is 10.4. The Balaban J connectivity index is 1.55. The van der Waals surface area contributed by atoms with Crippen LogP contribution in [0.1, 0.15) is 60.0 Å². The van der Waals surface area contributed by atoms with Crippen LogP contribution >= 0.6 is 0 Å². The molecule has 158 valence electrons. The molecular weight excluding hydrogens is 388 g/mol. The summed E-state index contributed by atoms with van der Waals surface area (Å²) in [4.78, 5) is 33.4. The standard InChI is InChI=1S/C25H26N4O2/c1-25(2,3)18-6-4-16(5-7-18)20-11-12-26-15-22(20)29-23(30)17-10-13-27-21(14-17)24(31)28-19-8-9-19/h4-7,10-15,19H,8-9H2,1-3H3,(H,28,31)(H,29,30). The molecule has 2 aromatic heterocycles. The fourth-order valence-corrected chi connectivity index (χ4v) is 3.27. The van der Waals surface area contributed by atoms with Crippen molar-refractivity contribution in [2.45, 2.75) is 45.1 Å². The molecule has 1 aromatic carbocycles. The van der Waals surface area contributed by atoms with Crippen LogP contribution in [0.4, 0.5) is 5.69 Å². The molecule has 0 radical (unpaired) electrons. The minimum atomic E-state index is -0.316. The van der Waals surface area contributed by atoms with E-state index in [4.69, 9.17) is 0 Å². The summed E-state index contributed by atoms with van der Waals surface area (Å²) in [5, 5.41) is 5.82. The van der Waals surface area contributed by atoms with Crippen LogP contribution in [-0.4, -0.2) is 27.8 Å². The first kappa shape index (κ1) is 20.7. The van der Waals surface area contributed by atoms with Crippen molar-refractivity contribution >= 4 is 17.5 Å². The first-order chi connectivity index (χ1) is 14.8. The maximum absolute atomic E-state index is 12.9. The van der Waals surface area contributed by atoms with E-state index >= 15 is 0 Å². The number of hydrogen-bond acceptors (Lipinski definition) is 4. The molecule has 1 aliphatic rings. The van der Waals surface area contributed by atoms with E-state index in [0.717, 1.165) is 24.0 Å². The van der Waals surface area contributed by atoms with Crippen LogP contribution in [0.3, 0.4) is 0 Å². The van der Waals surface area contributed by atoms with Gasteiger partial charge in [-0.2, -0.15) is 0 Å². The number of carbonyl (C=O) groups is 2. The molecule has 2 N–H and O–H groups in total. The largest absolute Gasteiger partial charge is 0.348 e. The predicted octanol–water partition coefficient (Wildman–Crippen LogP) is 4.59. The molecule has 4 rings (SSSR count). The highest BCUT2D eigenvalue weighted by Crippen LogP contribution is 2.30. The Bertz CT molecular complexity index is 1110. The topological polar surface area (TPSA) is 84.0 Å². The normalized spacial score (nSPS) is 13.5. The van der Waals surface area contributed by atoms with Crippen LogP contribution in [0.25, 0.3) is 11.1 Å². The van der Waals surface area contributed by atoms with Gasteiger partial charge in [0.2, 0.25) is 0 Å². The van der Waals surface area contributed by atoms with Gasteiger partial charge in [-0.1, -0.05) is 45.0 Å². The lowest BCUT2D eigenvalue weighted by atomic mass is 9.86. The van der Waals surface area contributed by atoms with Gasteiger partial charge in [-0.3, -0.25) is 19.6 Å². The summed E-state index contributed by atoms with van der Waals surface area (Å²) in [7, 11) is 0. The Labute approximate surface area is 182 Å². The molecule has 2 amide bonds. The summed E-state index contributed by atoms with van der Waals surface area (Å²) in [5.74, 6) is -0.568. The molecule has 0 bridgehead atoms. The van der Waals surface area contributed by atoms with Crippen molar-refractivity contribution in [1.29, 1.82) is 0 Å². The number of aromatic nitrogens is 2. The maximum atomic E-state index is 12.9. The Morgan fingerprint density at radius 2 is 1.71 bits per heavy atom. The molecule has 0 atom stereocenters. The van der Waals surface area contributed by atoms with Gasteiger partial charge < -0.3 is 10.6 Å². The van der Waals surface area contributed by atoms with Gasteiger partial charge >= 0.3 is 0 Å². The minimum Gasteiger partial charge on any atom is -0.348 e. The van der Waals surface area contributed by atoms with Crippen LogP contribution in [-0.2, 0) is 5.41 Å². The van der Waals surface area contributed by atoms with Gasteiger partial charge in [0.15, 0.2) is 0 Å². The van der Waals surface area contributed by atoms with Gasteiger partial charge in [-0.25, -0.2) is 0 Å². The van der Waals surface area contributed by atoms with E-state index in [-0.39, 0.29) is 29.0 Å². The van der Waals surface area contributed by atoms with Crippen LogP contribution in [0.15, 0.2) is 61.1 Å². The molecule has 3 aromatic rings. The quantitative estimate of drug-likeness (QED) is 0.640. The second-order valence-corrected chi connectivity index (χ2v) is 8.88. The average Bonchev–Trinajstić information content (AvgIpc) is 3.58. The van der Waals surface area contributed by atoms with Gasteiger partial charge in [0.1, 0.15) is 5.69 Å². The van der Waals surface area contributed by atoms with Crippen LogP contribution in [0, 0.1) is 0 Å². The van der Waals surface area contributed by atoms with Crippen molar-refractivity contribution in [3.63, 3.8) is 0 Å². The molecule has 0 unspecified atom stereocenters. The number of rotatable bonds is 5. The SMILES string of the molecule is CC(C)(C)c1ccc(-c2ccncc2NC(=O)c2ccnc(C(=O)NC3CC3)c2)cc1. The summed E-state index contributed by atoms with van der Waals surface area (Å²) in [6.45, 7) is 6.52. The summed E-state index contributed by atoms with van der Waals surface area (Å²) >= 11 is 0. The van der Waals surface area contributed by atoms with Gasteiger partial charge in [0, 0.05) is 29.6 Å². The average molecular weight is 415 g/mol. The molecule has 1 fully saturated rings. The summed E-state index contributed by atoms with van der Waals surface area (Å²) in [5.41, 5.74) is 4.40. The monoisotopic (exact) mass is 414 g/mol. The molecule has 0 spiro atoms. The molecule has 31 heavy (non-hydrogen) atoms. The van der Waals surface area contributed by atoms with Crippen molar-refractivity contribution in [3.8, 4) is 11.1 Å². The van der Waals surface area contributed by atoms with Gasteiger partial charge in [0.25, 0.3) is 11.8 Å². The number of nitrogens with one attached hydrogen (secondary N) is 2. The van der Waals surface area contributed by atoms with E-state index in [0.29, 0.717) is 11.3 Å². The van der Waals surface area contributed by atoms with Crippen molar-refractivity contribution < 1.29 is 9.59 Å². The molecule has 6 nitrogen and oxygen atoms in total. The highest BCUT2D eigenvalue weighted by atomic mass is 16.2. The smallest absolute Gasteiger partial charge is 0.270 e. The van der Waals surface area contributed by atoms with E-state index in [1.807, 2.05) is 6.07 Å². The number of carbonyl (C=O) groups excluding carboxylic acids is 2. The Morgan fingerprint density at radius 3 is 2.39 bits per heavy atom. The van der Waals surface area contributed by atoms with E-state index in [1.54, 1.807) is 18.5 Å². The zero-order valence-corrected chi connectivity index (χ0v) is 18.0. The lowest BCUT2D eigenvalue weighted by Crippen LogP contribution is -2.26. The summed E-state index contributed by atoms with van der Waals surface area (Å²) in [6, 6.07) is 13.5. The fraction of sp³-hybridized carbons (Fsp3) is 0.280. The number of nitrogens with zero attached hydrogens (tertiary/aromatic N) is 2. The number of hydrogen-bond donors (Lipinski definition) is 2. The molecule has 0 aliphatic heterocycles. The molecule has 0 saturated heterocycles. The summed E-state index contributed by atoms with van der Waals surface area (Å²) < 4.78 is 0. The van der Waals surface area contributed by atoms with Gasteiger partial charge in [0.05, 0.1) is 11.9 Å². The van der Waals surface area contributed by atoms with Crippen molar-refractivity contribution in [2.24, 2.45) is 0 Å². The van der Waals surface area contributed by atoms with Crippen molar-refractivity contribution in [2.75, 3.05) is 5.32 Å². The van der Waals surface area contributed by atoms with Crippen molar-refractivity contribution in [1.82, 2.24) is 15.3 Å². The second-order valence-electron chi connectivity index (χ2n) is 8.88. The zero-order chi connectivity index (χ0) is 22.0. The lowest BCUT2D eigenvalue weighted by Gasteiger charge is -2.19. The number of benzene rings is 1. The highest BCUT2D eigenvalue weighted by Gasteiger charge is 2.24. The fourth-order valence-electron chi connectivity index (χ4n) is 3.27. The van der Waals surface area contributed by atoms with Crippen LogP contribution in [0.5, 0.6) is 0 Å². The lowest BCUT2D eigenvalue weighted by molar-refractivity contribution is 0.0946. The molecule has 1 aliphatic carbocycles. The van der Waals surface area contributed by atoms with E-state index in [9.17, 15) is 9.59 Å². The number of pyridine rings is 2. The van der Waals surface area contributed by atoms with E-state index < -0.39 is 0 Å².